The molecule has 7 heteroatoms. The first-order chi connectivity index (χ1) is 15.4. The summed E-state index contributed by atoms with van der Waals surface area (Å²) in [6.07, 6.45) is 5.62. The Morgan fingerprint density at radius 2 is 1.78 bits per heavy atom. The maximum absolute atomic E-state index is 15.4. The Morgan fingerprint density at radius 1 is 1.06 bits per heavy atom. The van der Waals surface area contributed by atoms with Crippen molar-refractivity contribution in [2.75, 3.05) is 24.6 Å². The summed E-state index contributed by atoms with van der Waals surface area (Å²) in [6.45, 7) is 7.21. The highest BCUT2D eigenvalue weighted by atomic mass is 19.1. The Bertz CT molecular complexity index is 1090. The molecule has 1 aromatic heterocycles. The first-order valence-corrected chi connectivity index (χ1v) is 11.4. The van der Waals surface area contributed by atoms with E-state index in [1.54, 1.807) is 0 Å². The molecule has 0 aliphatic carbocycles. The highest BCUT2D eigenvalue weighted by Crippen LogP contribution is 2.34. The predicted octanol–water partition coefficient (Wildman–Crippen LogP) is 5.84. The van der Waals surface area contributed by atoms with E-state index in [9.17, 15) is 4.39 Å². The zero-order valence-electron chi connectivity index (χ0n) is 18.6. The van der Waals surface area contributed by atoms with Crippen LogP contribution in [0.2, 0.25) is 0 Å². The molecule has 0 bridgehead atoms. The summed E-state index contributed by atoms with van der Waals surface area (Å²) >= 11 is 0. The van der Waals surface area contributed by atoms with Crippen LogP contribution in [-0.2, 0) is 4.74 Å². The number of piperidine rings is 1. The van der Waals surface area contributed by atoms with Crippen molar-refractivity contribution in [3.8, 4) is 11.4 Å². The molecule has 5 rings (SSSR count). The molecule has 2 aliphatic heterocycles. The van der Waals surface area contributed by atoms with Crippen molar-refractivity contribution >= 4 is 16.6 Å². The van der Waals surface area contributed by atoms with Crippen molar-refractivity contribution in [3.05, 3.63) is 48.2 Å². The quantitative estimate of drug-likeness (QED) is 0.510. The maximum atomic E-state index is 15.4. The molecule has 0 amide bonds. The lowest BCUT2D eigenvalue weighted by Crippen LogP contribution is -2.37. The largest absolute Gasteiger partial charge is 0.459 e. The van der Waals surface area contributed by atoms with Gasteiger partial charge in [0.25, 0.3) is 0 Å². The fourth-order valence-electron chi connectivity index (χ4n) is 4.52. The Kier molecular flexibility index (Phi) is 5.53. The van der Waals surface area contributed by atoms with E-state index in [1.807, 2.05) is 24.3 Å². The molecule has 0 radical (unpaired) electrons. The Hall–Kier alpha value is -2.67. The summed E-state index contributed by atoms with van der Waals surface area (Å²) in [5.41, 5.74) is 2.45. The van der Waals surface area contributed by atoms with E-state index in [0.29, 0.717) is 29.5 Å². The zero-order chi connectivity index (χ0) is 22.3. The molecule has 2 aliphatic rings. The van der Waals surface area contributed by atoms with E-state index in [4.69, 9.17) is 9.47 Å². The molecule has 170 valence electrons. The molecule has 32 heavy (non-hydrogen) atoms. The van der Waals surface area contributed by atoms with Crippen LogP contribution in [0.3, 0.4) is 0 Å². The molecule has 1 atom stereocenters. The summed E-state index contributed by atoms with van der Waals surface area (Å²) in [7, 11) is 0. The number of ether oxygens (including phenoxy) is 2. The average molecular weight is 442 g/mol. The highest BCUT2D eigenvalue weighted by molar-refractivity contribution is 5.83. The van der Waals surface area contributed by atoms with Gasteiger partial charge >= 0.3 is 0 Å². The van der Waals surface area contributed by atoms with Crippen molar-refractivity contribution < 1.29 is 18.3 Å². The third-order valence-electron chi connectivity index (χ3n) is 6.67. The summed E-state index contributed by atoms with van der Waals surface area (Å²) in [6, 6.07) is 9.19. The summed E-state index contributed by atoms with van der Waals surface area (Å²) in [5.74, 6) is -1.90. The minimum atomic E-state index is -0.756. The molecule has 0 N–H and O–H groups in total. The average Bonchev–Trinajstić information content (AvgIpc) is 3.21. The van der Waals surface area contributed by atoms with Gasteiger partial charge in [-0.3, -0.25) is 0 Å². The van der Waals surface area contributed by atoms with Gasteiger partial charge in [-0.2, -0.15) is 5.10 Å². The van der Waals surface area contributed by atoms with Gasteiger partial charge in [-0.05, 0) is 61.4 Å². The van der Waals surface area contributed by atoms with Gasteiger partial charge in [-0.25, -0.2) is 13.5 Å². The van der Waals surface area contributed by atoms with Crippen molar-refractivity contribution in [3.63, 3.8) is 0 Å². The van der Waals surface area contributed by atoms with Gasteiger partial charge in [0.1, 0.15) is 5.52 Å². The first kappa shape index (κ1) is 21.2. The van der Waals surface area contributed by atoms with Gasteiger partial charge < -0.3 is 14.4 Å². The predicted molar refractivity (Wildman–Crippen MR) is 120 cm³/mol. The fraction of sp³-hybridized carbons (Fsp3) is 0.480. The SMILES string of the molecule is CC1(C)CCN(c2ccc(-n3ncc4cc(F)c(OC5CCCCO5)c(F)c43)cc2)CC1. The van der Waals surface area contributed by atoms with Gasteiger partial charge in [-0.1, -0.05) is 13.8 Å². The van der Waals surface area contributed by atoms with Gasteiger partial charge in [0, 0.05) is 30.6 Å². The molecule has 1 unspecified atom stereocenters. The highest BCUT2D eigenvalue weighted by Gasteiger charge is 2.26. The molecule has 5 nitrogen and oxygen atoms in total. The second kappa shape index (κ2) is 8.35. The standard InChI is InChI=1S/C25H29F2N3O2/c1-25(2)10-12-29(13-11-25)18-6-8-19(9-7-18)30-23-17(16-28-30)15-20(26)24(22(23)27)32-21-5-3-4-14-31-21/h6-9,15-16,21H,3-5,10-14H2,1-2H3. The topological polar surface area (TPSA) is 39.5 Å². The Labute approximate surface area is 186 Å². The molecular weight excluding hydrogens is 412 g/mol. The Morgan fingerprint density at radius 3 is 2.47 bits per heavy atom. The van der Waals surface area contributed by atoms with Crippen LogP contribution < -0.4 is 9.64 Å². The molecule has 2 fully saturated rings. The fourth-order valence-corrected chi connectivity index (χ4v) is 4.52. The van der Waals surface area contributed by atoms with Crippen LogP contribution in [0.1, 0.15) is 46.0 Å². The van der Waals surface area contributed by atoms with Crippen molar-refractivity contribution in [1.29, 1.82) is 0 Å². The third kappa shape index (κ3) is 4.06. The van der Waals surface area contributed by atoms with Gasteiger partial charge in [0.2, 0.25) is 0 Å². The van der Waals surface area contributed by atoms with E-state index >= 15 is 4.39 Å². The van der Waals surface area contributed by atoms with E-state index in [1.165, 1.54) is 16.9 Å². The van der Waals surface area contributed by atoms with Crippen LogP contribution in [0.5, 0.6) is 5.75 Å². The van der Waals surface area contributed by atoms with E-state index < -0.39 is 23.7 Å². The lowest BCUT2D eigenvalue weighted by Gasteiger charge is -2.38. The van der Waals surface area contributed by atoms with Crippen LogP contribution in [0.25, 0.3) is 16.6 Å². The van der Waals surface area contributed by atoms with Crippen molar-refractivity contribution in [1.82, 2.24) is 9.78 Å². The van der Waals surface area contributed by atoms with E-state index in [0.717, 1.165) is 44.5 Å². The molecule has 3 aromatic rings. The molecule has 0 spiro atoms. The molecule has 2 aromatic carbocycles. The summed E-state index contributed by atoms with van der Waals surface area (Å²) in [4.78, 5) is 2.38. The lowest BCUT2D eigenvalue weighted by molar-refractivity contribution is -0.108. The molecule has 2 saturated heterocycles. The van der Waals surface area contributed by atoms with Crippen LogP contribution >= 0.6 is 0 Å². The number of benzene rings is 2. The lowest BCUT2D eigenvalue weighted by atomic mass is 9.82. The minimum absolute atomic E-state index is 0.199. The number of hydrogen-bond donors (Lipinski definition) is 0. The monoisotopic (exact) mass is 441 g/mol. The third-order valence-corrected chi connectivity index (χ3v) is 6.67. The summed E-state index contributed by atoms with van der Waals surface area (Å²) in [5, 5.41) is 4.71. The number of fused-ring (bicyclic) bond motifs is 1. The van der Waals surface area contributed by atoms with Crippen LogP contribution in [0.15, 0.2) is 36.5 Å². The second-order valence-electron chi connectivity index (χ2n) is 9.58. The van der Waals surface area contributed by atoms with Gasteiger partial charge in [0.05, 0.1) is 18.5 Å². The van der Waals surface area contributed by atoms with Crippen molar-refractivity contribution in [2.45, 2.75) is 52.2 Å². The van der Waals surface area contributed by atoms with E-state index in [-0.39, 0.29) is 5.52 Å². The zero-order valence-corrected chi connectivity index (χ0v) is 18.6. The second-order valence-corrected chi connectivity index (χ2v) is 9.58. The molecular formula is C25H29F2N3O2. The molecule has 0 saturated carbocycles. The molecule has 3 heterocycles. The van der Waals surface area contributed by atoms with Crippen LogP contribution in [-0.4, -0.2) is 35.8 Å². The first-order valence-electron chi connectivity index (χ1n) is 11.4. The number of anilines is 1. The van der Waals surface area contributed by atoms with Crippen LogP contribution in [0, 0.1) is 17.0 Å². The number of nitrogens with zero attached hydrogens (tertiary/aromatic N) is 3. The van der Waals surface area contributed by atoms with Gasteiger partial charge in [-0.15, -0.1) is 0 Å². The maximum Gasteiger partial charge on any atom is 0.200 e. The Balaban J connectivity index is 1.43. The summed E-state index contributed by atoms with van der Waals surface area (Å²) < 4.78 is 42.6. The van der Waals surface area contributed by atoms with E-state index in [2.05, 4.69) is 23.8 Å². The van der Waals surface area contributed by atoms with Crippen molar-refractivity contribution in [2.24, 2.45) is 5.41 Å². The normalized spacial score (nSPS) is 21.1. The van der Waals surface area contributed by atoms with Gasteiger partial charge in [0.15, 0.2) is 23.7 Å². The van der Waals surface area contributed by atoms with Crippen LogP contribution in [0.4, 0.5) is 14.5 Å². The smallest absolute Gasteiger partial charge is 0.200 e. The minimum Gasteiger partial charge on any atom is -0.459 e. The number of halogens is 2. The number of aromatic nitrogens is 2. The number of rotatable bonds is 4. The number of hydrogen-bond acceptors (Lipinski definition) is 4.